The number of hydrogen-bond donors (Lipinski definition) is 6. The van der Waals surface area contributed by atoms with Crippen LogP contribution >= 0.6 is 0 Å². The van der Waals surface area contributed by atoms with Gasteiger partial charge in [-0.3, -0.25) is 4.79 Å². The van der Waals surface area contributed by atoms with Crippen molar-refractivity contribution in [1.29, 1.82) is 0 Å². The van der Waals surface area contributed by atoms with E-state index >= 15 is 0 Å². The maximum absolute atomic E-state index is 13.0. The number of hydrogen-bond acceptors (Lipinski definition) is 8. The fourth-order valence-electron chi connectivity index (χ4n) is 8.66. The summed E-state index contributed by atoms with van der Waals surface area (Å²) in [6, 6.07) is -0.830. The second kappa shape index (κ2) is 47.6. The summed E-state index contributed by atoms with van der Waals surface area (Å²) >= 11 is 0. The zero-order chi connectivity index (χ0) is 48.7. The lowest BCUT2D eigenvalue weighted by molar-refractivity contribution is -0.302. The Labute approximate surface area is 411 Å². The van der Waals surface area contributed by atoms with Gasteiger partial charge in [-0.05, 0) is 64.2 Å². The normalized spacial score (nSPS) is 20.1. The maximum atomic E-state index is 13.0. The van der Waals surface area contributed by atoms with E-state index in [0.717, 1.165) is 70.6 Å². The van der Waals surface area contributed by atoms with Crippen LogP contribution in [0.4, 0.5) is 0 Å². The molecule has 1 heterocycles. The zero-order valence-electron chi connectivity index (χ0n) is 43.1. The van der Waals surface area contributed by atoms with E-state index in [1.807, 2.05) is 6.08 Å². The van der Waals surface area contributed by atoms with E-state index in [1.165, 1.54) is 154 Å². The Balaban J connectivity index is 2.25. The third-order valence-corrected chi connectivity index (χ3v) is 13.1. The fraction of sp³-hybridized carbons (Fsp3) is 0.810. The summed E-state index contributed by atoms with van der Waals surface area (Å²) in [5, 5.41) is 54.4. The molecule has 1 aliphatic rings. The van der Waals surface area contributed by atoms with Crippen LogP contribution in [0.25, 0.3) is 0 Å². The molecule has 1 amide bonds. The molecule has 0 aromatic heterocycles. The van der Waals surface area contributed by atoms with Gasteiger partial charge in [-0.15, -0.1) is 0 Å². The second-order valence-electron chi connectivity index (χ2n) is 19.3. The highest BCUT2D eigenvalue weighted by atomic mass is 16.7. The van der Waals surface area contributed by atoms with Crippen LogP contribution in [0.3, 0.4) is 0 Å². The standard InChI is InChI=1S/C58H105NO8/c1-3-5-7-9-11-13-15-17-19-21-22-23-24-25-26-27-28-29-30-32-33-35-37-39-41-43-45-47-52(61)51(50-66-58-57(65)56(64)55(63)53(49-60)67-58)59-54(62)48-46-44-42-40-38-36-34-31-20-18-16-14-12-10-8-6-4-2/h6,8,12,14,18,20,37,39,45,47,51-53,55-58,60-61,63-65H,3-5,7,9-11,13,15-17,19,21-36,38,40-44,46,48-50H2,1-2H3,(H,59,62)/b8-6-,14-12-,20-18-,39-37+,47-45+. The van der Waals surface area contributed by atoms with Crippen LogP contribution in [0.2, 0.25) is 0 Å². The minimum absolute atomic E-state index is 0.197. The lowest BCUT2D eigenvalue weighted by Crippen LogP contribution is -2.60. The molecule has 0 aromatic carbocycles. The predicted octanol–water partition coefficient (Wildman–Crippen LogP) is 13.5. The summed E-state index contributed by atoms with van der Waals surface area (Å²) in [5.74, 6) is -0.197. The van der Waals surface area contributed by atoms with E-state index in [4.69, 9.17) is 9.47 Å². The summed E-state index contributed by atoms with van der Waals surface area (Å²) < 4.78 is 11.2. The minimum Gasteiger partial charge on any atom is -0.394 e. The Hall–Kier alpha value is -2.11. The first kappa shape index (κ1) is 62.9. The maximum Gasteiger partial charge on any atom is 0.220 e. The van der Waals surface area contributed by atoms with E-state index in [2.05, 4.69) is 67.8 Å². The van der Waals surface area contributed by atoms with Crippen LogP contribution in [0.15, 0.2) is 60.8 Å². The van der Waals surface area contributed by atoms with Crippen LogP contribution in [-0.2, 0) is 14.3 Å². The largest absolute Gasteiger partial charge is 0.394 e. The molecule has 0 aromatic rings. The molecule has 0 spiro atoms. The van der Waals surface area contributed by atoms with E-state index in [-0.39, 0.29) is 12.5 Å². The van der Waals surface area contributed by atoms with Crippen molar-refractivity contribution in [3.05, 3.63) is 60.8 Å². The first-order valence-corrected chi connectivity index (χ1v) is 28.0. The van der Waals surface area contributed by atoms with Crippen LogP contribution in [-0.4, -0.2) is 87.5 Å². The molecule has 0 aliphatic carbocycles. The molecule has 0 saturated carbocycles. The van der Waals surface area contributed by atoms with Crippen molar-refractivity contribution in [2.75, 3.05) is 13.2 Å². The molecule has 9 nitrogen and oxygen atoms in total. The van der Waals surface area contributed by atoms with Gasteiger partial charge in [0.1, 0.15) is 24.4 Å². The van der Waals surface area contributed by atoms with Crippen molar-refractivity contribution < 1.29 is 39.8 Å². The highest BCUT2D eigenvalue weighted by Crippen LogP contribution is 2.23. The number of carbonyl (C=O) groups is 1. The molecule has 6 N–H and O–H groups in total. The highest BCUT2D eigenvalue weighted by Gasteiger charge is 2.44. The van der Waals surface area contributed by atoms with E-state index in [9.17, 15) is 30.3 Å². The van der Waals surface area contributed by atoms with Gasteiger partial charge < -0.3 is 40.3 Å². The molecular weight excluding hydrogens is 839 g/mol. The molecule has 1 saturated heterocycles. The Morgan fingerprint density at radius 3 is 1.43 bits per heavy atom. The van der Waals surface area contributed by atoms with Crippen molar-refractivity contribution >= 4 is 5.91 Å². The highest BCUT2D eigenvalue weighted by molar-refractivity contribution is 5.76. The molecular formula is C58H105NO8. The fourth-order valence-corrected chi connectivity index (χ4v) is 8.66. The van der Waals surface area contributed by atoms with E-state index in [0.29, 0.717) is 6.42 Å². The van der Waals surface area contributed by atoms with Crippen molar-refractivity contribution in [2.45, 2.75) is 288 Å². The Morgan fingerprint density at radius 2 is 0.940 bits per heavy atom. The third kappa shape index (κ3) is 37.4. The van der Waals surface area contributed by atoms with Crippen LogP contribution in [0, 0.1) is 0 Å². The Kier molecular flexibility index (Phi) is 44.7. The second-order valence-corrected chi connectivity index (χ2v) is 19.3. The van der Waals surface area contributed by atoms with Crippen LogP contribution in [0.5, 0.6) is 0 Å². The van der Waals surface area contributed by atoms with Gasteiger partial charge in [0.2, 0.25) is 5.91 Å². The molecule has 1 rings (SSSR count). The predicted molar refractivity (Wildman–Crippen MR) is 281 cm³/mol. The van der Waals surface area contributed by atoms with Gasteiger partial charge in [0.25, 0.3) is 0 Å². The van der Waals surface area contributed by atoms with Gasteiger partial charge in [0, 0.05) is 6.42 Å². The minimum atomic E-state index is -1.58. The number of unbranched alkanes of at least 4 members (excludes halogenated alkanes) is 29. The molecule has 0 radical (unpaired) electrons. The Bertz CT molecular complexity index is 1230. The number of rotatable bonds is 47. The first-order valence-electron chi connectivity index (χ1n) is 28.0. The number of ether oxygens (including phenoxy) is 2. The summed E-state index contributed by atoms with van der Waals surface area (Å²) in [5.41, 5.74) is 0. The van der Waals surface area contributed by atoms with Gasteiger partial charge in [-0.1, -0.05) is 235 Å². The summed E-state index contributed by atoms with van der Waals surface area (Å²) in [6.45, 7) is 3.66. The zero-order valence-corrected chi connectivity index (χ0v) is 43.1. The van der Waals surface area contributed by atoms with Gasteiger partial charge in [0.05, 0.1) is 25.4 Å². The molecule has 67 heavy (non-hydrogen) atoms. The van der Waals surface area contributed by atoms with Crippen LogP contribution in [0.1, 0.15) is 245 Å². The number of aliphatic hydroxyl groups excluding tert-OH is 5. The molecule has 1 fully saturated rings. The lowest BCUT2D eigenvalue weighted by Gasteiger charge is -2.40. The SMILES string of the molecule is CC/C=C\C/C=C\C/C=C\CCCCCCCCCC(=O)NC(COC1OC(CO)C(O)C(O)C1O)C(O)/C=C/CC/C=C/CCCCCCCCCCCCCCCCCCCCCCC. The van der Waals surface area contributed by atoms with Gasteiger partial charge in [0.15, 0.2) is 6.29 Å². The number of aliphatic hydroxyl groups is 5. The Morgan fingerprint density at radius 1 is 0.522 bits per heavy atom. The molecule has 0 bridgehead atoms. The number of allylic oxidation sites excluding steroid dienone is 9. The third-order valence-electron chi connectivity index (χ3n) is 13.1. The molecule has 7 atom stereocenters. The van der Waals surface area contributed by atoms with Gasteiger partial charge >= 0.3 is 0 Å². The van der Waals surface area contributed by atoms with Crippen molar-refractivity contribution in [2.24, 2.45) is 0 Å². The van der Waals surface area contributed by atoms with E-state index in [1.54, 1.807) is 6.08 Å². The summed E-state index contributed by atoms with van der Waals surface area (Å²) in [4.78, 5) is 13.0. The summed E-state index contributed by atoms with van der Waals surface area (Å²) in [7, 11) is 0. The average Bonchev–Trinajstić information content (AvgIpc) is 3.33. The summed E-state index contributed by atoms with van der Waals surface area (Å²) in [6.07, 6.45) is 57.2. The van der Waals surface area contributed by atoms with E-state index < -0.39 is 49.5 Å². The van der Waals surface area contributed by atoms with Crippen molar-refractivity contribution in [3.8, 4) is 0 Å². The van der Waals surface area contributed by atoms with Crippen molar-refractivity contribution in [1.82, 2.24) is 5.32 Å². The van der Waals surface area contributed by atoms with Crippen LogP contribution < -0.4 is 5.32 Å². The number of carbonyl (C=O) groups excluding carboxylic acids is 1. The smallest absolute Gasteiger partial charge is 0.220 e. The van der Waals surface area contributed by atoms with Gasteiger partial charge in [-0.25, -0.2) is 0 Å². The molecule has 390 valence electrons. The molecule has 1 aliphatic heterocycles. The molecule has 9 heteroatoms. The lowest BCUT2D eigenvalue weighted by atomic mass is 9.99. The first-order chi connectivity index (χ1) is 32.8. The molecule has 7 unspecified atom stereocenters. The monoisotopic (exact) mass is 944 g/mol. The quantitative estimate of drug-likeness (QED) is 0.0261. The van der Waals surface area contributed by atoms with Gasteiger partial charge in [-0.2, -0.15) is 0 Å². The number of amides is 1. The topological polar surface area (TPSA) is 149 Å². The number of nitrogens with one attached hydrogen (secondary N) is 1. The van der Waals surface area contributed by atoms with Crippen molar-refractivity contribution in [3.63, 3.8) is 0 Å². The average molecular weight is 944 g/mol.